The predicted molar refractivity (Wildman–Crippen MR) is 66.3 cm³/mol. The first kappa shape index (κ1) is 14.0. The lowest BCUT2D eigenvalue weighted by atomic mass is 9.85. The highest BCUT2D eigenvalue weighted by Crippen LogP contribution is 2.24. The number of hydrogen-bond acceptors (Lipinski definition) is 3. The summed E-state index contributed by atoms with van der Waals surface area (Å²) in [5.74, 6) is 0.223. The number of carbonyl (C=O) groups is 2. The molecule has 1 aliphatic rings. The summed E-state index contributed by atoms with van der Waals surface area (Å²) in [6, 6.07) is 0.259. The van der Waals surface area contributed by atoms with Crippen LogP contribution in [0.3, 0.4) is 0 Å². The fraction of sp³-hybridized carbons (Fsp3) is 0.833. The van der Waals surface area contributed by atoms with Crippen LogP contribution in [-0.4, -0.2) is 43.4 Å². The predicted octanol–water partition coefficient (Wildman–Crippen LogP) is 0.0984. The van der Waals surface area contributed by atoms with Gasteiger partial charge in [0.1, 0.15) is 0 Å². The van der Waals surface area contributed by atoms with E-state index in [0.717, 1.165) is 25.7 Å². The maximum absolute atomic E-state index is 12.1. The monoisotopic (exact) mass is 241 g/mol. The number of nitrogens with zero attached hydrogens (tertiary/aromatic N) is 1. The van der Waals surface area contributed by atoms with Crippen LogP contribution in [0.25, 0.3) is 0 Å². The molecule has 1 rings (SSSR count). The van der Waals surface area contributed by atoms with Crippen molar-refractivity contribution in [3.05, 3.63) is 0 Å². The average Bonchev–Trinajstić information content (AvgIpc) is 2.35. The molecule has 0 aromatic heterocycles. The Morgan fingerprint density at radius 3 is 2.41 bits per heavy atom. The molecule has 1 aliphatic carbocycles. The highest BCUT2D eigenvalue weighted by Gasteiger charge is 2.26. The second-order valence-corrected chi connectivity index (χ2v) is 4.79. The first-order chi connectivity index (χ1) is 8.04. The van der Waals surface area contributed by atoms with Gasteiger partial charge >= 0.3 is 0 Å². The van der Waals surface area contributed by atoms with Gasteiger partial charge in [0, 0.05) is 39.0 Å². The summed E-state index contributed by atoms with van der Waals surface area (Å²) in [5.41, 5.74) is 5.81. The Balaban J connectivity index is 2.33. The van der Waals surface area contributed by atoms with Crippen LogP contribution < -0.4 is 11.1 Å². The fourth-order valence-corrected chi connectivity index (χ4v) is 2.18. The summed E-state index contributed by atoms with van der Waals surface area (Å²) in [5, 5.41) is 2.55. The van der Waals surface area contributed by atoms with E-state index in [2.05, 4.69) is 5.32 Å². The molecule has 5 nitrogen and oxygen atoms in total. The Morgan fingerprint density at radius 2 is 1.88 bits per heavy atom. The molecule has 0 spiro atoms. The lowest BCUT2D eigenvalue weighted by Crippen LogP contribution is -2.38. The Labute approximate surface area is 103 Å². The molecule has 0 atom stereocenters. The van der Waals surface area contributed by atoms with Gasteiger partial charge in [-0.3, -0.25) is 9.59 Å². The zero-order valence-electron chi connectivity index (χ0n) is 10.7. The smallest absolute Gasteiger partial charge is 0.225 e. The molecule has 0 aromatic rings. The zero-order valence-corrected chi connectivity index (χ0v) is 10.7. The topological polar surface area (TPSA) is 75.4 Å². The van der Waals surface area contributed by atoms with Gasteiger partial charge in [0.05, 0.1) is 0 Å². The Kier molecular flexibility index (Phi) is 5.41. The maximum atomic E-state index is 12.1. The van der Waals surface area contributed by atoms with Crippen LogP contribution in [0.1, 0.15) is 32.1 Å². The summed E-state index contributed by atoms with van der Waals surface area (Å²) < 4.78 is 0. The van der Waals surface area contributed by atoms with Crippen LogP contribution in [-0.2, 0) is 9.59 Å². The summed E-state index contributed by atoms with van der Waals surface area (Å²) in [6.45, 7) is 0.487. The number of nitrogens with one attached hydrogen (secondary N) is 1. The van der Waals surface area contributed by atoms with Gasteiger partial charge in [0.15, 0.2) is 0 Å². The molecule has 0 heterocycles. The molecule has 0 aliphatic heterocycles. The van der Waals surface area contributed by atoms with Crippen LogP contribution in [0, 0.1) is 5.92 Å². The van der Waals surface area contributed by atoms with Crippen LogP contribution in [0.2, 0.25) is 0 Å². The van der Waals surface area contributed by atoms with Crippen molar-refractivity contribution in [2.24, 2.45) is 11.7 Å². The Hall–Kier alpha value is -1.10. The van der Waals surface area contributed by atoms with E-state index in [9.17, 15) is 9.59 Å². The normalized spacial score (nSPS) is 24.2. The van der Waals surface area contributed by atoms with E-state index in [1.807, 2.05) is 0 Å². The minimum Gasteiger partial charge on any atom is -0.359 e. The molecule has 0 aromatic carbocycles. The van der Waals surface area contributed by atoms with Crippen LogP contribution in [0.15, 0.2) is 0 Å². The molecular weight excluding hydrogens is 218 g/mol. The molecular formula is C12H23N3O2. The summed E-state index contributed by atoms with van der Waals surface area (Å²) >= 11 is 0. The quantitative estimate of drug-likeness (QED) is 0.733. The van der Waals surface area contributed by atoms with Crippen molar-refractivity contribution in [3.8, 4) is 0 Å². The van der Waals surface area contributed by atoms with E-state index in [1.165, 1.54) is 0 Å². The number of nitrogens with two attached hydrogens (primary N) is 1. The van der Waals surface area contributed by atoms with Crippen LogP contribution in [0.5, 0.6) is 0 Å². The van der Waals surface area contributed by atoms with Gasteiger partial charge in [-0.15, -0.1) is 0 Å². The molecule has 0 bridgehead atoms. The Bertz CT molecular complexity index is 273. The van der Waals surface area contributed by atoms with Crippen molar-refractivity contribution in [2.75, 3.05) is 20.6 Å². The van der Waals surface area contributed by atoms with Crippen molar-refractivity contribution in [2.45, 2.75) is 38.1 Å². The van der Waals surface area contributed by atoms with E-state index in [-0.39, 0.29) is 23.8 Å². The SMILES string of the molecule is CNC(=O)CCN(C)C(=O)C1CCC(N)CC1. The molecule has 3 N–H and O–H groups in total. The zero-order chi connectivity index (χ0) is 12.8. The van der Waals surface area contributed by atoms with Gasteiger partial charge in [0.25, 0.3) is 0 Å². The highest BCUT2D eigenvalue weighted by atomic mass is 16.2. The third-order valence-electron chi connectivity index (χ3n) is 3.45. The van der Waals surface area contributed by atoms with Gasteiger partial charge in [0.2, 0.25) is 11.8 Å². The van der Waals surface area contributed by atoms with Crippen molar-refractivity contribution in [3.63, 3.8) is 0 Å². The molecule has 2 amide bonds. The van der Waals surface area contributed by atoms with Gasteiger partial charge in [-0.25, -0.2) is 0 Å². The van der Waals surface area contributed by atoms with Gasteiger partial charge in [-0.05, 0) is 25.7 Å². The second-order valence-electron chi connectivity index (χ2n) is 4.79. The first-order valence-electron chi connectivity index (χ1n) is 6.25. The number of carbonyl (C=O) groups excluding carboxylic acids is 2. The molecule has 1 saturated carbocycles. The van der Waals surface area contributed by atoms with E-state index < -0.39 is 0 Å². The minimum atomic E-state index is -0.0321. The number of hydrogen-bond donors (Lipinski definition) is 2. The fourth-order valence-electron chi connectivity index (χ4n) is 2.18. The average molecular weight is 241 g/mol. The molecule has 17 heavy (non-hydrogen) atoms. The van der Waals surface area contributed by atoms with Crippen LogP contribution >= 0.6 is 0 Å². The first-order valence-corrected chi connectivity index (χ1v) is 6.25. The van der Waals surface area contributed by atoms with Crippen molar-refractivity contribution in [1.29, 1.82) is 0 Å². The van der Waals surface area contributed by atoms with Crippen molar-refractivity contribution in [1.82, 2.24) is 10.2 Å². The minimum absolute atomic E-state index is 0.0321. The van der Waals surface area contributed by atoms with Gasteiger partial charge in [-0.1, -0.05) is 0 Å². The van der Waals surface area contributed by atoms with Crippen molar-refractivity contribution < 1.29 is 9.59 Å². The Morgan fingerprint density at radius 1 is 1.29 bits per heavy atom. The molecule has 1 fully saturated rings. The molecule has 0 radical (unpaired) electrons. The molecule has 0 unspecified atom stereocenters. The molecule has 5 heteroatoms. The summed E-state index contributed by atoms with van der Waals surface area (Å²) in [6.07, 6.45) is 3.99. The van der Waals surface area contributed by atoms with E-state index in [1.54, 1.807) is 19.0 Å². The van der Waals surface area contributed by atoms with E-state index in [0.29, 0.717) is 13.0 Å². The van der Waals surface area contributed by atoms with Gasteiger partial charge < -0.3 is 16.0 Å². The van der Waals surface area contributed by atoms with Crippen molar-refractivity contribution >= 4 is 11.8 Å². The highest BCUT2D eigenvalue weighted by molar-refractivity contribution is 5.80. The molecule has 98 valence electrons. The number of rotatable bonds is 4. The summed E-state index contributed by atoms with van der Waals surface area (Å²) in [7, 11) is 3.37. The van der Waals surface area contributed by atoms with E-state index >= 15 is 0 Å². The second kappa shape index (κ2) is 6.59. The van der Waals surface area contributed by atoms with Gasteiger partial charge in [-0.2, -0.15) is 0 Å². The molecule has 0 saturated heterocycles. The largest absolute Gasteiger partial charge is 0.359 e. The lowest BCUT2D eigenvalue weighted by Gasteiger charge is -2.28. The third kappa shape index (κ3) is 4.34. The lowest BCUT2D eigenvalue weighted by molar-refractivity contribution is -0.135. The summed E-state index contributed by atoms with van der Waals surface area (Å²) in [4.78, 5) is 24.8. The van der Waals surface area contributed by atoms with Crippen LogP contribution in [0.4, 0.5) is 0 Å². The van der Waals surface area contributed by atoms with E-state index in [4.69, 9.17) is 5.73 Å². The third-order valence-corrected chi connectivity index (χ3v) is 3.45. The standard InChI is InChI=1S/C12H23N3O2/c1-14-11(16)7-8-15(2)12(17)9-3-5-10(13)6-4-9/h9-10H,3-8,13H2,1-2H3,(H,14,16). The maximum Gasteiger partial charge on any atom is 0.225 e. The number of amides is 2.